The lowest BCUT2D eigenvalue weighted by molar-refractivity contribution is 0.467. The van der Waals surface area contributed by atoms with Crippen molar-refractivity contribution in [2.45, 2.75) is 5.75 Å². The normalized spacial score (nSPS) is 9.81. The first-order valence-corrected chi connectivity index (χ1v) is 6.25. The summed E-state index contributed by atoms with van der Waals surface area (Å²) in [4.78, 5) is 4.08. The predicted molar refractivity (Wildman–Crippen MR) is 70.0 cm³/mol. The summed E-state index contributed by atoms with van der Waals surface area (Å²) in [7, 11) is 0. The third-order valence-electron chi connectivity index (χ3n) is 1.77. The Kier molecular flexibility index (Phi) is 5.91. The molecule has 0 saturated carbocycles. The number of rotatable bonds is 5. The van der Waals surface area contributed by atoms with Crippen LogP contribution in [0.5, 0.6) is 5.75 Å². The number of nitrogens with one attached hydrogen (secondary N) is 2. The van der Waals surface area contributed by atoms with Crippen molar-refractivity contribution in [2.24, 2.45) is 5.84 Å². The Morgan fingerprint density at radius 3 is 3.12 bits per heavy atom. The van der Waals surface area contributed by atoms with E-state index >= 15 is 0 Å². The first-order valence-electron chi connectivity index (χ1n) is 4.69. The summed E-state index contributed by atoms with van der Waals surface area (Å²) in [6.45, 7) is 0.724. The lowest BCUT2D eigenvalue weighted by Gasteiger charge is -2.06. The Morgan fingerprint density at radius 2 is 2.44 bits per heavy atom. The zero-order chi connectivity index (χ0) is 11.8. The van der Waals surface area contributed by atoms with Gasteiger partial charge in [0.05, 0.1) is 5.69 Å². The smallest absolute Gasteiger partial charge is 0.180 e. The van der Waals surface area contributed by atoms with Gasteiger partial charge in [-0.25, -0.2) is 5.84 Å². The number of thioether (sulfide) groups is 1. The minimum absolute atomic E-state index is 0.238. The molecular weight excluding hydrogens is 244 g/mol. The van der Waals surface area contributed by atoms with Crippen LogP contribution in [0.4, 0.5) is 0 Å². The van der Waals surface area contributed by atoms with Crippen LogP contribution in [0.2, 0.25) is 0 Å². The number of thiocarbonyl (C=S) groups is 1. The largest absolute Gasteiger partial charge is 0.506 e. The number of hydrogen-bond donors (Lipinski definition) is 4. The zero-order valence-electron chi connectivity index (χ0n) is 8.64. The Morgan fingerprint density at radius 1 is 1.62 bits per heavy atom. The fourth-order valence-electron chi connectivity index (χ4n) is 0.997. The molecule has 0 fully saturated rings. The molecule has 0 saturated heterocycles. The second-order valence-corrected chi connectivity index (χ2v) is 4.44. The van der Waals surface area contributed by atoms with Crippen LogP contribution in [-0.2, 0) is 5.75 Å². The second-order valence-electron chi connectivity index (χ2n) is 2.92. The molecule has 0 radical (unpaired) electrons. The topological polar surface area (TPSA) is 83.2 Å². The monoisotopic (exact) mass is 258 g/mol. The van der Waals surface area contributed by atoms with E-state index in [2.05, 4.69) is 15.7 Å². The molecule has 0 aliphatic rings. The molecule has 0 bridgehead atoms. The minimum atomic E-state index is 0.238. The van der Waals surface area contributed by atoms with Gasteiger partial charge in [0.15, 0.2) is 5.11 Å². The third-order valence-corrected chi connectivity index (χ3v) is 3.00. The van der Waals surface area contributed by atoms with Crippen LogP contribution in [-0.4, -0.2) is 27.5 Å². The Hall–Kier alpha value is -1.05. The maximum Gasteiger partial charge on any atom is 0.180 e. The molecule has 88 valence electrons. The lowest BCUT2D eigenvalue weighted by Crippen LogP contribution is -2.40. The molecule has 0 aliphatic carbocycles. The highest BCUT2D eigenvalue weighted by molar-refractivity contribution is 7.98. The molecule has 0 spiro atoms. The van der Waals surface area contributed by atoms with E-state index in [0.717, 1.165) is 12.3 Å². The molecule has 7 heteroatoms. The molecule has 16 heavy (non-hydrogen) atoms. The fourth-order valence-corrected chi connectivity index (χ4v) is 1.91. The van der Waals surface area contributed by atoms with Crippen LogP contribution in [0, 0.1) is 0 Å². The number of nitrogens with zero attached hydrogens (tertiary/aromatic N) is 1. The summed E-state index contributed by atoms with van der Waals surface area (Å²) in [6.07, 6.45) is 1.67. The first kappa shape index (κ1) is 13.0. The quantitative estimate of drug-likeness (QED) is 0.263. The Bertz CT molecular complexity index is 348. The number of nitrogens with two attached hydrogens (primary N) is 1. The van der Waals surface area contributed by atoms with Crippen molar-refractivity contribution in [3.8, 4) is 5.75 Å². The number of hydrogen-bond acceptors (Lipinski definition) is 5. The van der Waals surface area contributed by atoms with E-state index in [9.17, 15) is 5.11 Å². The van der Waals surface area contributed by atoms with Crippen LogP contribution in [0.25, 0.3) is 0 Å². The van der Waals surface area contributed by atoms with Crippen LogP contribution < -0.4 is 16.6 Å². The summed E-state index contributed by atoms with van der Waals surface area (Å²) < 4.78 is 0. The molecular formula is C9H14N4OS2. The first-order chi connectivity index (χ1) is 7.74. The third kappa shape index (κ3) is 4.65. The summed E-state index contributed by atoms with van der Waals surface area (Å²) in [5.41, 5.74) is 3.04. The van der Waals surface area contributed by atoms with E-state index in [1.54, 1.807) is 30.1 Å². The van der Waals surface area contributed by atoms with Gasteiger partial charge in [-0.15, -0.1) is 0 Å². The average molecular weight is 258 g/mol. The highest BCUT2D eigenvalue weighted by Gasteiger charge is 2.00. The van der Waals surface area contributed by atoms with Crippen molar-refractivity contribution in [2.75, 3.05) is 12.3 Å². The van der Waals surface area contributed by atoms with Crippen LogP contribution in [0.15, 0.2) is 18.3 Å². The van der Waals surface area contributed by atoms with E-state index < -0.39 is 0 Å². The molecule has 5 nitrogen and oxygen atoms in total. The summed E-state index contributed by atoms with van der Waals surface area (Å²) in [5.74, 6) is 6.87. The number of pyridine rings is 1. The van der Waals surface area contributed by atoms with Crippen molar-refractivity contribution >= 4 is 29.1 Å². The van der Waals surface area contributed by atoms with E-state index in [1.165, 1.54) is 0 Å². The van der Waals surface area contributed by atoms with Gasteiger partial charge in [0, 0.05) is 24.2 Å². The van der Waals surface area contributed by atoms with E-state index in [-0.39, 0.29) is 5.75 Å². The highest BCUT2D eigenvalue weighted by atomic mass is 32.2. The minimum Gasteiger partial charge on any atom is -0.506 e. The van der Waals surface area contributed by atoms with Gasteiger partial charge in [0.1, 0.15) is 5.75 Å². The second kappa shape index (κ2) is 7.26. The van der Waals surface area contributed by atoms with Crippen molar-refractivity contribution in [3.05, 3.63) is 24.0 Å². The van der Waals surface area contributed by atoms with E-state index in [1.807, 2.05) is 0 Å². The molecule has 0 atom stereocenters. The SMILES string of the molecule is NNC(=S)NCCSCc1ncccc1O. The molecule has 5 N–H and O–H groups in total. The van der Waals surface area contributed by atoms with E-state index in [4.69, 9.17) is 18.1 Å². The molecule has 0 aromatic carbocycles. The highest BCUT2D eigenvalue weighted by Crippen LogP contribution is 2.18. The van der Waals surface area contributed by atoms with E-state index in [0.29, 0.717) is 16.6 Å². The molecule has 0 aliphatic heterocycles. The van der Waals surface area contributed by atoms with Gasteiger partial charge < -0.3 is 15.8 Å². The number of aromatic hydroxyl groups is 1. The van der Waals surface area contributed by atoms with Crippen molar-refractivity contribution < 1.29 is 5.11 Å². The van der Waals surface area contributed by atoms with Gasteiger partial charge in [0.25, 0.3) is 0 Å². The van der Waals surface area contributed by atoms with Crippen molar-refractivity contribution in [3.63, 3.8) is 0 Å². The maximum atomic E-state index is 9.45. The molecule has 1 heterocycles. The van der Waals surface area contributed by atoms with Gasteiger partial charge >= 0.3 is 0 Å². The van der Waals surface area contributed by atoms with Gasteiger partial charge in [-0.1, -0.05) is 0 Å². The zero-order valence-corrected chi connectivity index (χ0v) is 10.3. The lowest BCUT2D eigenvalue weighted by atomic mass is 10.3. The standard InChI is InChI=1S/C9H14N4OS2/c10-13-9(15)12-4-5-16-6-7-8(14)2-1-3-11-7/h1-3,14H,4-6,10H2,(H2,12,13,15). The summed E-state index contributed by atoms with van der Waals surface area (Å²) in [6, 6.07) is 3.34. The molecule has 1 rings (SSSR count). The van der Waals surface area contributed by atoms with Gasteiger partial charge in [-0.05, 0) is 24.4 Å². The fraction of sp³-hybridized carbons (Fsp3) is 0.333. The molecule has 0 unspecified atom stereocenters. The van der Waals surface area contributed by atoms with Gasteiger partial charge in [0.2, 0.25) is 0 Å². The maximum absolute atomic E-state index is 9.45. The number of hydrazine groups is 1. The van der Waals surface area contributed by atoms with Crippen LogP contribution >= 0.6 is 24.0 Å². The molecule has 1 aromatic heterocycles. The summed E-state index contributed by atoms with van der Waals surface area (Å²) in [5, 5.41) is 12.8. The van der Waals surface area contributed by atoms with Crippen LogP contribution in [0.3, 0.4) is 0 Å². The van der Waals surface area contributed by atoms with Gasteiger partial charge in [-0.3, -0.25) is 4.98 Å². The number of aromatic nitrogens is 1. The Balaban J connectivity index is 2.17. The predicted octanol–water partition coefficient (Wildman–Crippen LogP) is 0.358. The molecule has 0 amide bonds. The average Bonchev–Trinajstić information content (AvgIpc) is 2.30. The Labute approximate surface area is 104 Å². The molecule has 1 aromatic rings. The van der Waals surface area contributed by atoms with Gasteiger partial charge in [-0.2, -0.15) is 11.8 Å². The van der Waals surface area contributed by atoms with Crippen molar-refractivity contribution in [1.82, 2.24) is 15.7 Å². The van der Waals surface area contributed by atoms with Crippen molar-refractivity contribution in [1.29, 1.82) is 0 Å². The van der Waals surface area contributed by atoms with Crippen LogP contribution in [0.1, 0.15) is 5.69 Å². The summed E-state index contributed by atoms with van der Waals surface area (Å²) >= 11 is 6.47.